The van der Waals surface area contributed by atoms with E-state index in [0.717, 1.165) is 18.5 Å². The molecule has 0 radical (unpaired) electrons. The Morgan fingerprint density at radius 2 is 2.19 bits per heavy atom. The van der Waals surface area contributed by atoms with Crippen LogP contribution in [0.1, 0.15) is 34.8 Å². The molecule has 112 valence electrons. The molecule has 6 heteroatoms. The first-order valence-electron chi connectivity index (χ1n) is 6.81. The van der Waals surface area contributed by atoms with Crippen molar-refractivity contribution in [2.24, 2.45) is 0 Å². The molecule has 0 aromatic carbocycles. The van der Waals surface area contributed by atoms with Crippen molar-refractivity contribution in [2.75, 3.05) is 11.9 Å². The molecule has 21 heavy (non-hydrogen) atoms. The molecular weight excluding hydrogens is 306 g/mol. The Bertz CT molecular complexity index is 627. The number of hydrogen-bond acceptors (Lipinski definition) is 4. The van der Waals surface area contributed by atoms with Crippen molar-refractivity contribution >= 4 is 34.7 Å². The summed E-state index contributed by atoms with van der Waals surface area (Å²) < 4.78 is 0. The maximum Gasteiger partial charge on any atom is 0.251 e. The molecule has 0 saturated carbocycles. The molecule has 0 spiro atoms. The van der Waals surface area contributed by atoms with Gasteiger partial charge in [-0.25, -0.2) is 4.98 Å². The predicted octanol–water partition coefficient (Wildman–Crippen LogP) is 3.86. The summed E-state index contributed by atoms with van der Waals surface area (Å²) in [6.07, 6.45) is 0.979. The van der Waals surface area contributed by atoms with E-state index in [1.165, 1.54) is 5.56 Å². The molecule has 0 atom stereocenters. The quantitative estimate of drug-likeness (QED) is 0.794. The number of nitrogens with zero attached hydrogens (tertiary/aromatic N) is 1. The minimum absolute atomic E-state index is 0.149. The zero-order valence-electron chi connectivity index (χ0n) is 12.1. The lowest BCUT2D eigenvalue weighted by atomic mass is 10.2. The summed E-state index contributed by atoms with van der Waals surface area (Å²) in [5.74, 6) is 0.477. The second kappa shape index (κ2) is 7.43. The number of aromatic nitrogens is 1. The van der Waals surface area contributed by atoms with Crippen molar-refractivity contribution in [3.8, 4) is 0 Å². The number of nitrogens with one attached hydrogen (secondary N) is 2. The number of hydrogen-bond donors (Lipinski definition) is 2. The highest BCUT2D eigenvalue weighted by Crippen LogP contribution is 2.16. The molecule has 0 aliphatic heterocycles. The van der Waals surface area contributed by atoms with Crippen molar-refractivity contribution in [3.05, 3.63) is 44.7 Å². The third-order valence-corrected chi connectivity index (χ3v) is 4.12. The van der Waals surface area contributed by atoms with Gasteiger partial charge in [0, 0.05) is 18.7 Å². The predicted molar refractivity (Wildman–Crippen MR) is 88.3 cm³/mol. The maximum absolute atomic E-state index is 12.2. The second-order valence-corrected chi connectivity index (χ2v) is 5.88. The largest absolute Gasteiger partial charge is 0.370 e. The molecule has 2 aromatic rings. The molecule has 0 aliphatic carbocycles. The summed E-state index contributed by atoms with van der Waals surface area (Å²) in [5.41, 5.74) is 2.85. The van der Waals surface area contributed by atoms with E-state index in [4.69, 9.17) is 11.6 Å². The second-order valence-electron chi connectivity index (χ2n) is 4.75. The molecule has 2 rings (SSSR count). The fourth-order valence-corrected chi connectivity index (χ4v) is 2.88. The van der Waals surface area contributed by atoms with Gasteiger partial charge in [-0.2, -0.15) is 11.3 Å². The van der Waals surface area contributed by atoms with Gasteiger partial charge in [-0.15, -0.1) is 0 Å². The lowest BCUT2D eigenvalue weighted by molar-refractivity contribution is 0.0951. The Morgan fingerprint density at radius 3 is 2.86 bits per heavy atom. The van der Waals surface area contributed by atoms with Gasteiger partial charge < -0.3 is 10.6 Å². The van der Waals surface area contributed by atoms with E-state index in [2.05, 4.69) is 27.9 Å². The number of amides is 1. The first kappa shape index (κ1) is 15.8. The van der Waals surface area contributed by atoms with Gasteiger partial charge in [0.15, 0.2) is 0 Å². The van der Waals surface area contributed by atoms with Crippen LogP contribution < -0.4 is 10.6 Å². The van der Waals surface area contributed by atoms with Crippen LogP contribution in [0.3, 0.4) is 0 Å². The lowest BCUT2D eigenvalue weighted by Gasteiger charge is -2.08. The van der Waals surface area contributed by atoms with E-state index in [0.29, 0.717) is 23.1 Å². The number of carbonyl (C=O) groups is 1. The lowest BCUT2D eigenvalue weighted by Crippen LogP contribution is -2.23. The molecule has 2 heterocycles. The van der Waals surface area contributed by atoms with Gasteiger partial charge in [0.05, 0.1) is 0 Å². The van der Waals surface area contributed by atoms with Crippen LogP contribution in [0.4, 0.5) is 5.82 Å². The van der Waals surface area contributed by atoms with Gasteiger partial charge >= 0.3 is 0 Å². The van der Waals surface area contributed by atoms with Crippen LogP contribution >= 0.6 is 22.9 Å². The number of aryl methyl sites for hydroxylation is 1. The number of pyridine rings is 1. The summed E-state index contributed by atoms with van der Waals surface area (Å²) in [5, 5.41) is 10.5. The minimum atomic E-state index is -0.149. The van der Waals surface area contributed by atoms with E-state index < -0.39 is 0 Å². The summed E-state index contributed by atoms with van der Waals surface area (Å²) in [4.78, 5) is 16.4. The van der Waals surface area contributed by atoms with E-state index in [1.807, 2.05) is 12.3 Å². The van der Waals surface area contributed by atoms with Crippen LogP contribution in [0.25, 0.3) is 0 Å². The van der Waals surface area contributed by atoms with Crippen LogP contribution in [-0.4, -0.2) is 17.4 Å². The highest BCUT2D eigenvalue weighted by molar-refractivity contribution is 7.08. The molecule has 1 amide bonds. The number of thiophene rings is 1. The summed E-state index contributed by atoms with van der Waals surface area (Å²) in [6, 6.07) is 3.30. The van der Waals surface area contributed by atoms with Crippen molar-refractivity contribution in [2.45, 2.75) is 26.8 Å². The third-order valence-electron chi connectivity index (χ3n) is 3.01. The molecule has 0 unspecified atom stereocenters. The normalized spacial score (nSPS) is 10.4. The number of carbonyl (C=O) groups excluding carboxylic acids is 1. The van der Waals surface area contributed by atoms with Gasteiger partial charge in [0.2, 0.25) is 0 Å². The fourth-order valence-electron chi connectivity index (χ4n) is 1.82. The summed E-state index contributed by atoms with van der Waals surface area (Å²) in [7, 11) is 0. The molecule has 0 bridgehead atoms. The number of rotatable bonds is 6. The Morgan fingerprint density at radius 1 is 1.38 bits per heavy atom. The molecule has 2 aromatic heterocycles. The molecule has 4 nitrogen and oxygen atoms in total. The van der Waals surface area contributed by atoms with Crippen molar-refractivity contribution < 1.29 is 4.79 Å². The molecule has 0 fully saturated rings. The SMILES string of the molecule is CCCNc1cc(C(=O)NCc2cscc2C)cc(Cl)n1. The van der Waals surface area contributed by atoms with Crippen LogP contribution in [0, 0.1) is 6.92 Å². The van der Waals surface area contributed by atoms with E-state index >= 15 is 0 Å². The Labute approximate surface area is 133 Å². The first-order chi connectivity index (χ1) is 10.1. The smallest absolute Gasteiger partial charge is 0.251 e. The number of halogens is 1. The van der Waals surface area contributed by atoms with Gasteiger partial charge in [0.25, 0.3) is 5.91 Å². The van der Waals surface area contributed by atoms with Crippen molar-refractivity contribution in [1.29, 1.82) is 0 Å². The molecule has 0 aliphatic rings. The van der Waals surface area contributed by atoms with Crippen molar-refractivity contribution in [3.63, 3.8) is 0 Å². The fraction of sp³-hybridized carbons (Fsp3) is 0.333. The highest BCUT2D eigenvalue weighted by atomic mass is 35.5. The molecule has 2 N–H and O–H groups in total. The zero-order valence-corrected chi connectivity index (χ0v) is 13.6. The maximum atomic E-state index is 12.2. The topological polar surface area (TPSA) is 54.0 Å². The summed E-state index contributed by atoms with van der Waals surface area (Å²) in [6.45, 7) is 5.41. The Hall–Kier alpha value is -1.59. The van der Waals surface area contributed by atoms with Gasteiger partial charge in [-0.05, 0) is 47.4 Å². The highest BCUT2D eigenvalue weighted by Gasteiger charge is 2.10. The summed E-state index contributed by atoms with van der Waals surface area (Å²) >= 11 is 7.60. The minimum Gasteiger partial charge on any atom is -0.370 e. The monoisotopic (exact) mass is 323 g/mol. The zero-order chi connectivity index (χ0) is 15.2. The average molecular weight is 324 g/mol. The van der Waals surface area contributed by atoms with Crippen molar-refractivity contribution in [1.82, 2.24) is 10.3 Å². The van der Waals surface area contributed by atoms with Crippen LogP contribution in [-0.2, 0) is 6.54 Å². The van der Waals surface area contributed by atoms with Crippen LogP contribution in [0.2, 0.25) is 5.15 Å². The average Bonchev–Trinajstić information content (AvgIpc) is 2.87. The molecular formula is C15H18ClN3OS. The van der Waals surface area contributed by atoms with Gasteiger partial charge in [-0.3, -0.25) is 4.79 Å². The standard InChI is InChI=1S/C15H18ClN3OS/c1-3-4-17-14-6-11(5-13(16)19-14)15(20)18-7-12-9-21-8-10(12)2/h5-6,8-9H,3-4,7H2,1-2H3,(H,17,19)(H,18,20). The number of anilines is 1. The van der Waals surface area contributed by atoms with Crippen LogP contribution in [0.5, 0.6) is 0 Å². The first-order valence-corrected chi connectivity index (χ1v) is 8.13. The Kier molecular flexibility index (Phi) is 5.59. The van der Waals surface area contributed by atoms with E-state index in [9.17, 15) is 4.79 Å². The molecule has 0 saturated heterocycles. The van der Waals surface area contributed by atoms with Gasteiger partial charge in [0.1, 0.15) is 11.0 Å². The van der Waals surface area contributed by atoms with E-state index in [1.54, 1.807) is 23.5 Å². The van der Waals surface area contributed by atoms with E-state index in [-0.39, 0.29) is 5.91 Å². The van der Waals surface area contributed by atoms with Crippen LogP contribution in [0.15, 0.2) is 22.9 Å². The third kappa shape index (κ3) is 4.44. The Balaban J connectivity index is 2.04. The van der Waals surface area contributed by atoms with Gasteiger partial charge in [-0.1, -0.05) is 18.5 Å².